The number of rotatable bonds is 3. The summed E-state index contributed by atoms with van der Waals surface area (Å²) in [6.45, 7) is 1.31. The minimum atomic E-state index is -0.492. The van der Waals surface area contributed by atoms with Crippen LogP contribution in [0.1, 0.15) is 0 Å². The number of aryl methyl sites for hydroxylation is 2. The first-order valence-electron chi connectivity index (χ1n) is 5.71. The molecule has 5 nitrogen and oxygen atoms in total. The Labute approximate surface area is 113 Å². The number of hydrogen-bond donors (Lipinski definition) is 1. The van der Waals surface area contributed by atoms with E-state index in [4.69, 9.17) is 17.3 Å². The van der Waals surface area contributed by atoms with Gasteiger partial charge in [0.15, 0.2) is 0 Å². The van der Waals surface area contributed by atoms with E-state index in [1.165, 1.54) is 6.07 Å². The fourth-order valence-electron chi connectivity index (χ4n) is 2.01. The van der Waals surface area contributed by atoms with Gasteiger partial charge in [0.2, 0.25) is 5.95 Å². The summed E-state index contributed by atoms with van der Waals surface area (Å²) >= 11 is 5.80. The van der Waals surface area contributed by atoms with Crippen LogP contribution in [0.25, 0.3) is 11.0 Å². The number of fused-ring (bicyclic) bond motifs is 1. The van der Waals surface area contributed by atoms with E-state index in [1.807, 2.05) is 10.8 Å². The summed E-state index contributed by atoms with van der Waals surface area (Å²) in [6, 6.07) is 2.84. The van der Waals surface area contributed by atoms with Gasteiger partial charge in [-0.1, -0.05) is 11.6 Å². The Morgan fingerprint density at radius 3 is 2.89 bits per heavy atom. The van der Waals surface area contributed by atoms with E-state index in [1.54, 1.807) is 23.2 Å². The van der Waals surface area contributed by atoms with Crippen molar-refractivity contribution in [2.45, 2.75) is 13.1 Å². The highest BCUT2D eigenvalue weighted by atomic mass is 35.5. The van der Waals surface area contributed by atoms with Gasteiger partial charge in [0.25, 0.3) is 0 Å². The first kappa shape index (κ1) is 12.0. The second kappa shape index (κ2) is 4.55. The van der Waals surface area contributed by atoms with Gasteiger partial charge >= 0.3 is 0 Å². The maximum Gasteiger partial charge on any atom is 0.201 e. The SMILES string of the molecule is Nc1nc2cc(F)c(Cl)cc2n1CCn1ccnc1. The molecule has 3 aromatic rings. The van der Waals surface area contributed by atoms with E-state index in [0.717, 1.165) is 5.52 Å². The van der Waals surface area contributed by atoms with Crippen molar-refractivity contribution in [1.82, 2.24) is 19.1 Å². The zero-order valence-electron chi connectivity index (χ0n) is 9.92. The molecule has 0 spiro atoms. The lowest BCUT2D eigenvalue weighted by Gasteiger charge is -2.07. The van der Waals surface area contributed by atoms with Gasteiger partial charge in [-0.3, -0.25) is 0 Å². The number of benzene rings is 1. The third-order valence-corrected chi connectivity index (χ3v) is 3.25. The first-order valence-corrected chi connectivity index (χ1v) is 6.09. The lowest BCUT2D eigenvalue weighted by molar-refractivity contribution is 0.593. The molecule has 0 aliphatic rings. The van der Waals surface area contributed by atoms with Crippen molar-refractivity contribution < 1.29 is 4.39 Å². The standard InChI is InChI=1S/C12H11ClFN5/c13-8-5-11-10(6-9(8)14)17-12(15)19(11)4-3-18-2-1-16-7-18/h1-2,5-7H,3-4H2,(H2,15,17). The molecule has 7 heteroatoms. The van der Waals surface area contributed by atoms with Crippen LogP contribution in [0.5, 0.6) is 0 Å². The van der Waals surface area contributed by atoms with Crippen molar-refractivity contribution in [3.8, 4) is 0 Å². The smallest absolute Gasteiger partial charge is 0.201 e. The van der Waals surface area contributed by atoms with Gasteiger partial charge in [-0.15, -0.1) is 0 Å². The molecule has 0 atom stereocenters. The average molecular weight is 280 g/mol. The fourth-order valence-corrected chi connectivity index (χ4v) is 2.17. The van der Waals surface area contributed by atoms with Crippen molar-refractivity contribution in [1.29, 1.82) is 0 Å². The highest BCUT2D eigenvalue weighted by Gasteiger charge is 2.11. The zero-order valence-corrected chi connectivity index (χ0v) is 10.7. The molecule has 0 aliphatic heterocycles. The van der Waals surface area contributed by atoms with E-state index in [2.05, 4.69) is 9.97 Å². The van der Waals surface area contributed by atoms with Gasteiger partial charge in [0, 0.05) is 31.5 Å². The predicted octanol–water partition coefficient (Wildman–Crippen LogP) is 2.31. The lowest BCUT2D eigenvalue weighted by Crippen LogP contribution is -2.08. The summed E-state index contributed by atoms with van der Waals surface area (Å²) in [6.07, 6.45) is 5.30. The van der Waals surface area contributed by atoms with E-state index < -0.39 is 5.82 Å². The van der Waals surface area contributed by atoms with E-state index >= 15 is 0 Å². The number of anilines is 1. The maximum absolute atomic E-state index is 13.4. The van der Waals surface area contributed by atoms with Gasteiger partial charge in [0.05, 0.1) is 22.4 Å². The van der Waals surface area contributed by atoms with E-state index in [9.17, 15) is 4.39 Å². The molecule has 2 aromatic heterocycles. The quantitative estimate of drug-likeness (QED) is 0.800. The van der Waals surface area contributed by atoms with Crippen molar-refractivity contribution in [2.24, 2.45) is 0 Å². The van der Waals surface area contributed by atoms with Crippen LogP contribution in [0, 0.1) is 5.82 Å². The number of nitrogens with zero attached hydrogens (tertiary/aromatic N) is 4. The summed E-state index contributed by atoms with van der Waals surface area (Å²) < 4.78 is 17.1. The van der Waals surface area contributed by atoms with Crippen LogP contribution < -0.4 is 5.73 Å². The van der Waals surface area contributed by atoms with Gasteiger partial charge in [-0.25, -0.2) is 14.4 Å². The monoisotopic (exact) mass is 279 g/mol. The molecule has 0 saturated carbocycles. The molecule has 0 amide bonds. The Kier molecular flexibility index (Phi) is 2.87. The van der Waals surface area contributed by atoms with Crippen LogP contribution >= 0.6 is 11.6 Å². The minimum Gasteiger partial charge on any atom is -0.369 e. The van der Waals surface area contributed by atoms with Crippen molar-refractivity contribution >= 4 is 28.6 Å². The van der Waals surface area contributed by atoms with Crippen LogP contribution in [0.15, 0.2) is 30.9 Å². The van der Waals surface area contributed by atoms with Crippen LogP contribution in [-0.2, 0) is 13.1 Å². The van der Waals surface area contributed by atoms with Crippen LogP contribution in [0.2, 0.25) is 5.02 Å². The number of nitrogens with two attached hydrogens (primary N) is 1. The fraction of sp³-hybridized carbons (Fsp3) is 0.167. The van der Waals surface area contributed by atoms with E-state index in [-0.39, 0.29) is 5.02 Å². The Morgan fingerprint density at radius 2 is 2.16 bits per heavy atom. The Hall–Kier alpha value is -2.08. The summed E-state index contributed by atoms with van der Waals surface area (Å²) in [5.74, 6) is -0.148. The molecule has 2 heterocycles. The molecule has 0 bridgehead atoms. The molecule has 19 heavy (non-hydrogen) atoms. The third kappa shape index (κ3) is 2.15. The molecule has 0 unspecified atom stereocenters. The largest absolute Gasteiger partial charge is 0.369 e. The van der Waals surface area contributed by atoms with Crippen molar-refractivity contribution in [3.63, 3.8) is 0 Å². The maximum atomic E-state index is 13.4. The van der Waals surface area contributed by atoms with E-state index in [0.29, 0.717) is 24.6 Å². The first-order chi connectivity index (χ1) is 9.15. The number of hydrogen-bond acceptors (Lipinski definition) is 3. The molecule has 0 radical (unpaired) electrons. The van der Waals surface area contributed by atoms with Gasteiger partial charge in [-0.2, -0.15) is 0 Å². The summed E-state index contributed by atoms with van der Waals surface area (Å²) in [4.78, 5) is 8.10. The number of halogens is 2. The van der Waals surface area contributed by atoms with Crippen LogP contribution in [0.3, 0.4) is 0 Å². The third-order valence-electron chi connectivity index (χ3n) is 2.96. The van der Waals surface area contributed by atoms with Gasteiger partial charge in [-0.05, 0) is 6.07 Å². The number of imidazole rings is 2. The number of aromatic nitrogens is 4. The molecule has 1 aromatic carbocycles. The zero-order chi connectivity index (χ0) is 13.4. The van der Waals surface area contributed by atoms with Gasteiger partial charge in [0.1, 0.15) is 5.82 Å². The highest BCUT2D eigenvalue weighted by molar-refractivity contribution is 6.31. The molecule has 98 valence electrons. The number of nitrogen functional groups attached to an aromatic ring is 1. The lowest BCUT2D eigenvalue weighted by atomic mass is 10.3. The second-order valence-electron chi connectivity index (χ2n) is 4.18. The highest BCUT2D eigenvalue weighted by Crippen LogP contribution is 2.24. The molecule has 0 aliphatic carbocycles. The Bertz CT molecular complexity index is 719. The molecular formula is C12H11ClFN5. The van der Waals surface area contributed by atoms with Crippen LogP contribution in [0.4, 0.5) is 10.3 Å². The Balaban J connectivity index is 1.98. The average Bonchev–Trinajstić information content (AvgIpc) is 2.96. The second-order valence-corrected chi connectivity index (χ2v) is 4.58. The van der Waals surface area contributed by atoms with Crippen LogP contribution in [-0.4, -0.2) is 19.1 Å². The molecule has 2 N–H and O–H groups in total. The van der Waals surface area contributed by atoms with Crippen molar-refractivity contribution in [3.05, 3.63) is 41.7 Å². The Morgan fingerprint density at radius 1 is 1.32 bits per heavy atom. The predicted molar refractivity (Wildman–Crippen MR) is 71.3 cm³/mol. The topological polar surface area (TPSA) is 61.7 Å². The summed E-state index contributed by atoms with van der Waals surface area (Å²) in [7, 11) is 0. The molecule has 3 rings (SSSR count). The molecule has 0 saturated heterocycles. The molecule has 0 fully saturated rings. The summed E-state index contributed by atoms with van der Waals surface area (Å²) in [5.41, 5.74) is 7.08. The minimum absolute atomic E-state index is 0.0660. The summed E-state index contributed by atoms with van der Waals surface area (Å²) in [5, 5.41) is 0.0660. The van der Waals surface area contributed by atoms with Gasteiger partial charge < -0.3 is 14.9 Å². The van der Waals surface area contributed by atoms with Crippen molar-refractivity contribution in [2.75, 3.05) is 5.73 Å². The normalized spacial score (nSPS) is 11.3. The molecular weight excluding hydrogens is 269 g/mol.